The van der Waals surface area contributed by atoms with Gasteiger partial charge in [0.25, 0.3) is 0 Å². The molecule has 0 saturated carbocycles. The maximum Gasteiger partial charge on any atom is 0.419 e. The first-order valence-electron chi connectivity index (χ1n) is 9.02. The quantitative estimate of drug-likeness (QED) is 0.604. The van der Waals surface area contributed by atoms with Crippen molar-refractivity contribution in [3.8, 4) is 0 Å². The first-order valence-corrected chi connectivity index (χ1v) is 9.02. The van der Waals surface area contributed by atoms with Crippen molar-refractivity contribution in [1.29, 1.82) is 0 Å². The van der Waals surface area contributed by atoms with Crippen LogP contribution in [-0.2, 0) is 11.2 Å². The van der Waals surface area contributed by atoms with Crippen LogP contribution in [0.15, 0.2) is 78.9 Å². The molecule has 134 valence electrons. The fourth-order valence-corrected chi connectivity index (χ4v) is 3.41. The van der Waals surface area contributed by atoms with E-state index in [1.54, 1.807) is 11.9 Å². The topological polar surface area (TPSA) is 29.5 Å². The zero-order valence-electron chi connectivity index (χ0n) is 15.5. The summed E-state index contributed by atoms with van der Waals surface area (Å²) in [5.74, 6) is 0.645. The van der Waals surface area contributed by atoms with Crippen LogP contribution in [0.2, 0.25) is 0 Å². The molecule has 27 heavy (non-hydrogen) atoms. The number of aryl methyl sites for hydroxylation is 1. The molecule has 0 bridgehead atoms. The number of carbonyl (C=O) groups excluding carboxylic acids is 1. The standard InChI is InChI=1S/C24H21NO2/c1-17-13-14-22-21(15-17)23(27-24(26)25(22)2)20(19-11-7-4-8-12-19)16-18-9-5-3-6-10-18/h3-15H,16H2,1-2H3/b23-20+. The van der Waals surface area contributed by atoms with Crippen molar-refractivity contribution in [2.45, 2.75) is 13.3 Å². The summed E-state index contributed by atoms with van der Waals surface area (Å²) in [7, 11) is 1.74. The Morgan fingerprint density at radius 2 is 1.59 bits per heavy atom. The van der Waals surface area contributed by atoms with Gasteiger partial charge in [-0.2, -0.15) is 0 Å². The van der Waals surface area contributed by atoms with Crippen LogP contribution < -0.4 is 4.90 Å². The van der Waals surface area contributed by atoms with Crippen LogP contribution in [0.4, 0.5) is 10.5 Å². The number of allylic oxidation sites excluding steroid dienone is 1. The van der Waals surface area contributed by atoms with Crippen LogP contribution in [0.5, 0.6) is 0 Å². The van der Waals surface area contributed by atoms with Gasteiger partial charge < -0.3 is 4.74 Å². The largest absolute Gasteiger partial charge is 0.419 e. The number of fused-ring (bicyclic) bond motifs is 1. The second kappa shape index (κ2) is 7.12. The van der Waals surface area contributed by atoms with Crippen LogP contribution in [0.3, 0.4) is 0 Å². The van der Waals surface area contributed by atoms with Crippen LogP contribution in [-0.4, -0.2) is 13.1 Å². The monoisotopic (exact) mass is 355 g/mol. The molecule has 3 aromatic carbocycles. The molecule has 1 heterocycles. The van der Waals surface area contributed by atoms with Gasteiger partial charge in [0, 0.05) is 24.6 Å². The minimum atomic E-state index is -0.358. The van der Waals surface area contributed by atoms with Gasteiger partial charge in [-0.05, 0) is 30.2 Å². The van der Waals surface area contributed by atoms with E-state index in [4.69, 9.17) is 4.74 Å². The highest BCUT2D eigenvalue weighted by Gasteiger charge is 2.29. The zero-order valence-corrected chi connectivity index (χ0v) is 15.5. The Hall–Kier alpha value is -3.33. The van der Waals surface area contributed by atoms with E-state index in [-0.39, 0.29) is 6.09 Å². The molecule has 0 N–H and O–H groups in total. The Labute approximate surface area is 159 Å². The predicted molar refractivity (Wildman–Crippen MR) is 109 cm³/mol. The smallest absolute Gasteiger partial charge is 0.409 e. The first kappa shape index (κ1) is 17.1. The summed E-state index contributed by atoms with van der Waals surface area (Å²) in [6.45, 7) is 2.05. The second-order valence-electron chi connectivity index (χ2n) is 6.78. The van der Waals surface area contributed by atoms with Crippen molar-refractivity contribution in [2.75, 3.05) is 11.9 Å². The van der Waals surface area contributed by atoms with Crippen molar-refractivity contribution in [3.05, 3.63) is 101 Å². The minimum absolute atomic E-state index is 0.358. The Bertz CT molecular complexity index is 1010. The first-order chi connectivity index (χ1) is 13.1. The van der Waals surface area contributed by atoms with Gasteiger partial charge in [-0.15, -0.1) is 0 Å². The number of ether oxygens (including phenoxy) is 1. The molecule has 3 heteroatoms. The number of nitrogens with zero attached hydrogens (tertiary/aromatic N) is 1. The molecule has 1 aliphatic rings. The van der Waals surface area contributed by atoms with Gasteiger partial charge in [0.2, 0.25) is 0 Å². The summed E-state index contributed by atoms with van der Waals surface area (Å²) in [4.78, 5) is 14.1. The van der Waals surface area contributed by atoms with Crippen molar-refractivity contribution in [3.63, 3.8) is 0 Å². The van der Waals surface area contributed by atoms with Crippen LogP contribution in [0, 0.1) is 6.92 Å². The fraction of sp³-hybridized carbons (Fsp3) is 0.125. The summed E-state index contributed by atoms with van der Waals surface area (Å²) in [6.07, 6.45) is 0.327. The Balaban J connectivity index is 1.95. The van der Waals surface area contributed by atoms with Gasteiger partial charge in [-0.1, -0.05) is 72.3 Å². The van der Waals surface area contributed by atoms with Gasteiger partial charge >= 0.3 is 6.09 Å². The number of hydrogen-bond donors (Lipinski definition) is 0. The lowest BCUT2D eigenvalue weighted by molar-refractivity contribution is 0.199. The van der Waals surface area contributed by atoms with E-state index in [1.165, 1.54) is 5.56 Å². The number of hydrogen-bond acceptors (Lipinski definition) is 2. The van der Waals surface area contributed by atoms with Crippen molar-refractivity contribution < 1.29 is 9.53 Å². The summed E-state index contributed by atoms with van der Waals surface area (Å²) in [5, 5.41) is 0. The third kappa shape index (κ3) is 3.36. The molecule has 0 aromatic heterocycles. The number of amides is 1. The number of benzene rings is 3. The molecule has 0 radical (unpaired) electrons. The Morgan fingerprint density at radius 1 is 0.926 bits per heavy atom. The maximum absolute atomic E-state index is 12.5. The molecular weight excluding hydrogens is 334 g/mol. The molecule has 3 nitrogen and oxygen atoms in total. The highest BCUT2D eigenvalue weighted by atomic mass is 16.6. The van der Waals surface area contributed by atoms with E-state index in [9.17, 15) is 4.79 Å². The van der Waals surface area contributed by atoms with Crippen molar-refractivity contribution in [1.82, 2.24) is 0 Å². The fourth-order valence-electron chi connectivity index (χ4n) is 3.41. The van der Waals surface area contributed by atoms with Crippen LogP contribution in [0.1, 0.15) is 22.3 Å². The van der Waals surface area contributed by atoms with Crippen molar-refractivity contribution in [2.24, 2.45) is 0 Å². The van der Waals surface area contributed by atoms with Crippen LogP contribution >= 0.6 is 0 Å². The summed E-state index contributed by atoms with van der Waals surface area (Å²) >= 11 is 0. The lowest BCUT2D eigenvalue weighted by atomic mass is 9.93. The van der Waals surface area contributed by atoms with Gasteiger partial charge in [-0.3, -0.25) is 4.90 Å². The van der Waals surface area contributed by atoms with Gasteiger partial charge in [0.15, 0.2) is 0 Å². The SMILES string of the molecule is Cc1ccc2c(c1)/C(=C(/Cc1ccccc1)c1ccccc1)OC(=O)N2C. The van der Waals surface area contributed by atoms with Gasteiger partial charge in [0.05, 0.1) is 5.69 Å². The summed E-state index contributed by atoms with van der Waals surface area (Å²) < 4.78 is 5.84. The molecule has 0 saturated heterocycles. The lowest BCUT2D eigenvalue weighted by Gasteiger charge is -2.29. The number of cyclic esters (lactones) is 1. The number of anilines is 1. The van der Waals surface area contributed by atoms with Crippen LogP contribution in [0.25, 0.3) is 11.3 Å². The zero-order chi connectivity index (χ0) is 18.8. The third-order valence-corrected chi connectivity index (χ3v) is 4.84. The molecule has 4 rings (SSSR count). The van der Waals surface area contributed by atoms with Gasteiger partial charge in [-0.25, -0.2) is 4.79 Å². The number of carbonyl (C=O) groups is 1. The van der Waals surface area contributed by atoms with E-state index in [1.807, 2.05) is 55.5 Å². The molecule has 0 unspecified atom stereocenters. The molecule has 0 aliphatic carbocycles. The molecule has 0 spiro atoms. The number of rotatable bonds is 3. The average Bonchev–Trinajstić information content (AvgIpc) is 2.70. The minimum Gasteiger partial charge on any atom is -0.409 e. The third-order valence-electron chi connectivity index (χ3n) is 4.84. The lowest BCUT2D eigenvalue weighted by Crippen LogP contribution is -2.31. The van der Waals surface area contributed by atoms with Crippen molar-refractivity contribution >= 4 is 23.1 Å². The Kier molecular flexibility index (Phi) is 4.51. The molecule has 0 fully saturated rings. The van der Waals surface area contributed by atoms with E-state index >= 15 is 0 Å². The Morgan fingerprint density at radius 3 is 2.30 bits per heavy atom. The molecule has 1 amide bonds. The summed E-state index contributed by atoms with van der Waals surface area (Å²) in [5.41, 5.74) is 6.19. The normalized spacial score (nSPS) is 15.2. The predicted octanol–water partition coefficient (Wildman–Crippen LogP) is 5.69. The van der Waals surface area contributed by atoms with E-state index in [0.29, 0.717) is 12.2 Å². The van der Waals surface area contributed by atoms with E-state index < -0.39 is 0 Å². The molecule has 1 aliphatic heterocycles. The second-order valence-corrected chi connectivity index (χ2v) is 6.78. The highest BCUT2D eigenvalue weighted by Crippen LogP contribution is 2.39. The summed E-state index contributed by atoms with van der Waals surface area (Å²) in [6, 6.07) is 26.5. The van der Waals surface area contributed by atoms with Gasteiger partial charge in [0.1, 0.15) is 5.76 Å². The van der Waals surface area contributed by atoms with E-state index in [2.05, 4.69) is 30.3 Å². The maximum atomic E-state index is 12.5. The van der Waals surface area contributed by atoms with E-state index in [0.717, 1.165) is 28.0 Å². The molecule has 3 aromatic rings. The highest BCUT2D eigenvalue weighted by molar-refractivity contribution is 6.04. The average molecular weight is 355 g/mol. The molecular formula is C24H21NO2. The molecule has 0 atom stereocenters.